The number of aromatic nitrogens is 2. The molecule has 1 amide bonds. The fraction of sp³-hybridized carbons (Fsp3) is 0.200. The van der Waals surface area contributed by atoms with Crippen LogP contribution in [0.2, 0.25) is 0 Å². The molecular weight excluding hydrogens is 406 g/mol. The van der Waals surface area contributed by atoms with Gasteiger partial charge in [0.15, 0.2) is 11.5 Å². The van der Waals surface area contributed by atoms with Gasteiger partial charge in [0.2, 0.25) is 5.75 Å². The van der Waals surface area contributed by atoms with Gasteiger partial charge in [-0.3, -0.25) is 9.20 Å². The zero-order chi connectivity index (χ0) is 22.8. The van der Waals surface area contributed by atoms with E-state index in [1.807, 2.05) is 60.8 Å². The number of carbonyl (C=O) groups excluding carboxylic acids is 1. The Labute approximate surface area is 186 Å². The molecule has 2 heterocycles. The van der Waals surface area contributed by atoms with E-state index < -0.39 is 0 Å². The Bertz CT molecular complexity index is 1270. The molecule has 0 fully saturated rings. The van der Waals surface area contributed by atoms with E-state index in [0.717, 1.165) is 16.7 Å². The maximum Gasteiger partial charge on any atom is 0.274 e. The van der Waals surface area contributed by atoms with Crippen molar-refractivity contribution in [3.05, 3.63) is 71.5 Å². The van der Waals surface area contributed by atoms with Crippen LogP contribution in [0.15, 0.2) is 54.7 Å². The van der Waals surface area contributed by atoms with Crippen molar-refractivity contribution in [2.45, 2.75) is 13.8 Å². The van der Waals surface area contributed by atoms with Gasteiger partial charge >= 0.3 is 0 Å². The molecule has 0 radical (unpaired) electrons. The van der Waals surface area contributed by atoms with Crippen molar-refractivity contribution in [2.75, 3.05) is 26.6 Å². The summed E-state index contributed by atoms with van der Waals surface area (Å²) in [6, 6.07) is 15.2. The van der Waals surface area contributed by atoms with Gasteiger partial charge in [-0.25, -0.2) is 4.98 Å². The summed E-state index contributed by atoms with van der Waals surface area (Å²) in [7, 11) is 4.60. The van der Waals surface area contributed by atoms with Crippen LogP contribution in [0, 0.1) is 13.8 Å². The number of hydrogen-bond acceptors (Lipinski definition) is 5. The second-order valence-electron chi connectivity index (χ2n) is 7.48. The van der Waals surface area contributed by atoms with Crippen molar-refractivity contribution in [2.24, 2.45) is 0 Å². The van der Waals surface area contributed by atoms with Gasteiger partial charge in [0.05, 0.1) is 21.3 Å². The highest BCUT2D eigenvalue weighted by Crippen LogP contribution is 2.40. The van der Waals surface area contributed by atoms with E-state index in [1.54, 1.807) is 12.1 Å². The minimum absolute atomic E-state index is 0.298. The molecule has 4 rings (SSSR count). The Hall–Kier alpha value is -4.00. The van der Waals surface area contributed by atoms with Crippen LogP contribution in [0.3, 0.4) is 0 Å². The van der Waals surface area contributed by atoms with Crippen LogP contribution in [0.25, 0.3) is 16.9 Å². The number of hydrogen-bond donors (Lipinski definition) is 1. The first-order valence-electron chi connectivity index (χ1n) is 10.1. The number of benzene rings is 2. The second kappa shape index (κ2) is 8.63. The lowest BCUT2D eigenvalue weighted by molar-refractivity contribution is 0.102. The van der Waals surface area contributed by atoms with Crippen molar-refractivity contribution < 1.29 is 19.0 Å². The van der Waals surface area contributed by atoms with Crippen molar-refractivity contribution in [1.82, 2.24) is 9.38 Å². The van der Waals surface area contributed by atoms with E-state index in [9.17, 15) is 4.79 Å². The van der Waals surface area contributed by atoms with E-state index in [2.05, 4.69) is 5.32 Å². The quantitative estimate of drug-likeness (QED) is 0.470. The van der Waals surface area contributed by atoms with Gasteiger partial charge in [-0.05, 0) is 25.5 Å². The van der Waals surface area contributed by atoms with Crippen molar-refractivity contribution in [3.8, 4) is 28.5 Å². The van der Waals surface area contributed by atoms with Crippen molar-refractivity contribution >= 4 is 17.2 Å². The zero-order valence-electron chi connectivity index (χ0n) is 18.7. The predicted molar refractivity (Wildman–Crippen MR) is 124 cm³/mol. The average Bonchev–Trinajstić information content (AvgIpc) is 3.17. The van der Waals surface area contributed by atoms with Crippen LogP contribution >= 0.6 is 0 Å². The van der Waals surface area contributed by atoms with Crippen LogP contribution in [0.4, 0.5) is 5.69 Å². The van der Waals surface area contributed by atoms with E-state index in [-0.39, 0.29) is 5.91 Å². The van der Waals surface area contributed by atoms with Gasteiger partial charge in [0.25, 0.3) is 5.91 Å². The highest BCUT2D eigenvalue weighted by Gasteiger charge is 2.22. The lowest BCUT2D eigenvalue weighted by Crippen LogP contribution is -2.16. The van der Waals surface area contributed by atoms with E-state index >= 15 is 0 Å². The summed E-state index contributed by atoms with van der Waals surface area (Å²) in [6.07, 6.45) is 1.91. The van der Waals surface area contributed by atoms with E-state index in [0.29, 0.717) is 40.0 Å². The number of aryl methyl sites for hydroxylation is 2. The first kappa shape index (κ1) is 21.2. The lowest BCUT2D eigenvalue weighted by atomic mass is 10.1. The topological polar surface area (TPSA) is 74.1 Å². The fourth-order valence-electron chi connectivity index (χ4n) is 3.62. The highest BCUT2D eigenvalue weighted by atomic mass is 16.5. The molecule has 0 aliphatic heterocycles. The molecule has 164 valence electrons. The predicted octanol–water partition coefficient (Wildman–Crippen LogP) is 4.90. The number of carbonyl (C=O) groups is 1. The molecule has 0 unspecified atom stereocenters. The number of rotatable bonds is 6. The Morgan fingerprint density at radius 2 is 1.50 bits per heavy atom. The number of fused-ring (bicyclic) bond motifs is 1. The molecule has 1 N–H and O–H groups in total. The van der Waals surface area contributed by atoms with Crippen LogP contribution in [0.1, 0.15) is 21.6 Å². The molecule has 0 saturated carbocycles. The largest absolute Gasteiger partial charge is 0.493 e. The minimum atomic E-state index is -0.298. The standard InChI is InChI=1S/C25H25N3O4/c1-15-6-9-17(10-7-15)22-23(28-14-16(2)8-11-21(28)27-22)25(29)26-18-12-19(30-3)24(32-5)20(13-18)31-4/h6-14H,1-5H3,(H,26,29). The number of anilines is 1. The molecule has 0 atom stereocenters. The molecule has 0 aliphatic carbocycles. The molecule has 2 aromatic heterocycles. The van der Waals surface area contributed by atoms with Gasteiger partial charge < -0.3 is 19.5 Å². The summed E-state index contributed by atoms with van der Waals surface area (Å²) >= 11 is 0. The van der Waals surface area contributed by atoms with Gasteiger partial charge in [-0.1, -0.05) is 35.9 Å². The normalized spacial score (nSPS) is 10.8. The summed E-state index contributed by atoms with van der Waals surface area (Å²) in [6.45, 7) is 4.00. The Morgan fingerprint density at radius 3 is 2.09 bits per heavy atom. The first-order chi connectivity index (χ1) is 15.4. The number of nitrogens with one attached hydrogen (secondary N) is 1. The number of pyridine rings is 1. The Kier molecular flexibility index (Phi) is 5.73. The Morgan fingerprint density at radius 1 is 0.875 bits per heavy atom. The third-order valence-corrected chi connectivity index (χ3v) is 5.23. The number of ether oxygens (including phenoxy) is 3. The van der Waals surface area contributed by atoms with E-state index in [4.69, 9.17) is 19.2 Å². The summed E-state index contributed by atoms with van der Waals surface area (Å²) in [5, 5.41) is 2.96. The number of imidazole rings is 1. The second-order valence-corrected chi connectivity index (χ2v) is 7.48. The molecule has 0 bridgehead atoms. The molecule has 32 heavy (non-hydrogen) atoms. The molecule has 0 aliphatic rings. The van der Waals surface area contributed by atoms with E-state index in [1.165, 1.54) is 21.3 Å². The smallest absolute Gasteiger partial charge is 0.274 e. The molecule has 0 spiro atoms. The fourth-order valence-corrected chi connectivity index (χ4v) is 3.62. The monoisotopic (exact) mass is 431 g/mol. The maximum atomic E-state index is 13.5. The summed E-state index contributed by atoms with van der Waals surface area (Å²) in [5.74, 6) is 1.07. The summed E-state index contributed by atoms with van der Waals surface area (Å²) in [5.41, 5.74) is 5.29. The third kappa shape index (κ3) is 3.85. The lowest BCUT2D eigenvalue weighted by Gasteiger charge is -2.15. The van der Waals surface area contributed by atoms with Gasteiger partial charge in [0, 0.05) is 29.6 Å². The highest BCUT2D eigenvalue weighted by molar-refractivity contribution is 6.08. The third-order valence-electron chi connectivity index (χ3n) is 5.23. The zero-order valence-corrected chi connectivity index (χ0v) is 18.7. The van der Waals surface area contributed by atoms with Crippen molar-refractivity contribution in [3.63, 3.8) is 0 Å². The number of nitrogens with zero attached hydrogens (tertiary/aromatic N) is 2. The SMILES string of the molecule is COc1cc(NC(=O)c2c(-c3ccc(C)cc3)nc3ccc(C)cn23)cc(OC)c1OC. The van der Waals surface area contributed by atoms with Gasteiger partial charge in [0.1, 0.15) is 17.0 Å². The van der Waals surface area contributed by atoms with Crippen molar-refractivity contribution in [1.29, 1.82) is 0 Å². The first-order valence-corrected chi connectivity index (χ1v) is 10.1. The molecule has 7 nitrogen and oxygen atoms in total. The van der Waals surface area contributed by atoms with Crippen LogP contribution in [0.5, 0.6) is 17.2 Å². The summed E-state index contributed by atoms with van der Waals surface area (Å²) < 4.78 is 18.0. The molecule has 7 heteroatoms. The Balaban J connectivity index is 1.82. The molecule has 2 aromatic carbocycles. The maximum absolute atomic E-state index is 13.5. The van der Waals surface area contributed by atoms with Gasteiger partial charge in [-0.2, -0.15) is 0 Å². The average molecular weight is 431 g/mol. The van der Waals surface area contributed by atoms with Crippen LogP contribution in [-0.4, -0.2) is 36.6 Å². The molecule has 4 aromatic rings. The van der Waals surface area contributed by atoms with Crippen LogP contribution < -0.4 is 19.5 Å². The van der Waals surface area contributed by atoms with Crippen LogP contribution in [-0.2, 0) is 0 Å². The van der Waals surface area contributed by atoms with Gasteiger partial charge in [-0.15, -0.1) is 0 Å². The molecule has 0 saturated heterocycles. The summed E-state index contributed by atoms with van der Waals surface area (Å²) in [4.78, 5) is 18.3. The number of amides is 1. The number of methoxy groups -OCH3 is 3. The molecular formula is C25H25N3O4. The minimum Gasteiger partial charge on any atom is -0.493 e.